The summed E-state index contributed by atoms with van der Waals surface area (Å²) in [5, 5.41) is 0.286. The van der Waals surface area contributed by atoms with E-state index in [0.29, 0.717) is 17.4 Å². The molecule has 132 valence electrons. The van der Waals surface area contributed by atoms with Gasteiger partial charge >= 0.3 is 0 Å². The summed E-state index contributed by atoms with van der Waals surface area (Å²) in [5.41, 5.74) is 2.53. The van der Waals surface area contributed by atoms with Crippen LogP contribution in [0, 0.1) is 40.4 Å². The smallest absolute Gasteiger partial charge is 0.192 e. The van der Waals surface area contributed by atoms with E-state index in [1.807, 2.05) is 0 Å². The Labute approximate surface area is 149 Å². The Morgan fingerprint density at radius 2 is 1.88 bits per heavy atom. The molecule has 0 aromatic rings. The monoisotopic (exact) mass is 342 g/mol. The van der Waals surface area contributed by atoms with Crippen molar-refractivity contribution in [3.8, 4) is 0 Å². The van der Waals surface area contributed by atoms with Gasteiger partial charge in [-0.2, -0.15) is 0 Å². The van der Waals surface area contributed by atoms with Crippen LogP contribution < -0.4 is 0 Å². The lowest BCUT2D eigenvalue weighted by atomic mass is 9.69. The van der Waals surface area contributed by atoms with Gasteiger partial charge in [-0.1, -0.05) is 52.8 Å². The Hall–Kier alpha value is -0.343. The lowest BCUT2D eigenvalue weighted by Crippen LogP contribution is -2.46. The lowest BCUT2D eigenvalue weighted by Gasteiger charge is -2.42. The van der Waals surface area contributed by atoms with Crippen LogP contribution in [0.4, 0.5) is 0 Å². The van der Waals surface area contributed by atoms with Gasteiger partial charge in [0.05, 0.1) is 6.10 Å². The third-order valence-electron chi connectivity index (χ3n) is 8.90. The zero-order chi connectivity index (χ0) is 17.3. The van der Waals surface area contributed by atoms with Crippen molar-refractivity contribution in [2.24, 2.45) is 40.4 Å². The van der Waals surface area contributed by atoms with Gasteiger partial charge in [0, 0.05) is 5.41 Å². The van der Waals surface area contributed by atoms with Crippen LogP contribution in [0.2, 0.25) is 18.1 Å². The lowest BCUT2D eigenvalue weighted by molar-refractivity contribution is 0.103. The number of allylic oxidation sites excluding steroid dienone is 3. The summed E-state index contributed by atoms with van der Waals surface area (Å²) in [6, 6.07) is 0. The molecule has 0 saturated heterocycles. The van der Waals surface area contributed by atoms with Gasteiger partial charge in [-0.15, -0.1) is 0 Å². The van der Waals surface area contributed by atoms with Gasteiger partial charge in [0.1, 0.15) is 0 Å². The fourth-order valence-corrected chi connectivity index (χ4v) is 8.31. The SMILES string of the molecule is CC1(C)C[C@@]23C(=C[C@@H]4C=C[C@H]5[C@@H](C[C@@H]42)[C@H]53)C1O[Si](C)(C)C(C)(C)C. The van der Waals surface area contributed by atoms with Crippen molar-refractivity contribution in [2.45, 2.75) is 71.7 Å². The molecule has 0 amide bonds. The largest absolute Gasteiger partial charge is 0.410 e. The highest BCUT2D eigenvalue weighted by molar-refractivity contribution is 6.74. The van der Waals surface area contributed by atoms with Crippen LogP contribution in [0.1, 0.15) is 47.5 Å². The van der Waals surface area contributed by atoms with Gasteiger partial charge in [0.25, 0.3) is 0 Å². The summed E-state index contributed by atoms with van der Waals surface area (Å²) in [4.78, 5) is 0. The van der Waals surface area contributed by atoms with E-state index in [9.17, 15) is 0 Å². The van der Waals surface area contributed by atoms with Crippen molar-refractivity contribution in [1.29, 1.82) is 0 Å². The molecular formula is C22H34OSi. The number of hydrogen-bond acceptors (Lipinski definition) is 1. The number of hydrogen-bond donors (Lipinski definition) is 0. The average molecular weight is 343 g/mol. The maximum Gasteiger partial charge on any atom is 0.192 e. The van der Waals surface area contributed by atoms with Gasteiger partial charge in [-0.05, 0) is 71.6 Å². The summed E-state index contributed by atoms with van der Waals surface area (Å²) in [7, 11) is -1.75. The zero-order valence-electron chi connectivity index (χ0n) is 16.5. The van der Waals surface area contributed by atoms with Crippen molar-refractivity contribution < 1.29 is 4.43 Å². The second-order valence-corrected chi connectivity index (χ2v) is 16.4. The fourth-order valence-electron chi connectivity index (χ4n) is 6.92. The first-order valence-corrected chi connectivity index (χ1v) is 13.0. The molecule has 1 spiro atoms. The third kappa shape index (κ3) is 1.66. The molecule has 6 rings (SSSR count). The van der Waals surface area contributed by atoms with Crippen LogP contribution in [0.5, 0.6) is 0 Å². The minimum atomic E-state index is -1.75. The minimum Gasteiger partial charge on any atom is -0.410 e. The van der Waals surface area contributed by atoms with Crippen molar-refractivity contribution in [1.82, 2.24) is 0 Å². The molecule has 0 aliphatic heterocycles. The fraction of sp³-hybridized carbons (Fsp3) is 0.818. The van der Waals surface area contributed by atoms with Gasteiger partial charge in [0.15, 0.2) is 8.32 Å². The molecule has 0 N–H and O–H groups in total. The highest BCUT2D eigenvalue weighted by Gasteiger charge is 2.77. The molecule has 24 heavy (non-hydrogen) atoms. The molecule has 0 heterocycles. The molecule has 0 aromatic heterocycles. The van der Waals surface area contributed by atoms with E-state index in [-0.39, 0.29) is 10.5 Å². The van der Waals surface area contributed by atoms with Crippen LogP contribution in [-0.2, 0) is 4.43 Å². The van der Waals surface area contributed by atoms with Crippen LogP contribution >= 0.6 is 0 Å². The van der Waals surface area contributed by atoms with E-state index in [2.05, 4.69) is 65.9 Å². The normalized spacial score (nSPS) is 49.9. The predicted molar refractivity (Wildman–Crippen MR) is 102 cm³/mol. The molecule has 6 bridgehead atoms. The summed E-state index contributed by atoms with van der Waals surface area (Å²) in [5.74, 6) is 4.45. The van der Waals surface area contributed by atoms with E-state index in [0.717, 1.165) is 23.7 Å². The second-order valence-electron chi connectivity index (χ2n) is 11.7. The Morgan fingerprint density at radius 1 is 1.17 bits per heavy atom. The van der Waals surface area contributed by atoms with Gasteiger partial charge < -0.3 is 4.43 Å². The van der Waals surface area contributed by atoms with Crippen LogP contribution in [0.25, 0.3) is 0 Å². The molecule has 2 heteroatoms. The molecule has 3 saturated carbocycles. The second kappa shape index (κ2) is 4.14. The highest BCUT2D eigenvalue weighted by atomic mass is 28.4. The van der Waals surface area contributed by atoms with Crippen molar-refractivity contribution in [2.75, 3.05) is 0 Å². The van der Waals surface area contributed by atoms with E-state index < -0.39 is 8.32 Å². The molecule has 1 unspecified atom stereocenters. The van der Waals surface area contributed by atoms with Gasteiger partial charge in [-0.25, -0.2) is 0 Å². The van der Waals surface area contributed by atoms with Gasteiger partial charge in [0.2, 0.25) is 0 Å². The average Bonchev–Trinajstić information content (AvgIpc) is 2.90. The van der Waals surface area contributed by atoms with E-state index in [1.54, 1.807) is 5.57 Å². The van der Waals surface area contributed by atoms with E-state index >= 15 is 0 Å². The first-order chi connectivity index (χ1) is 11.0. The Morgan fingerprint density at radius 3 is 2.54 bits per heavy atom. The summed E-state index contributed by atoms with van der Waals surface area (Å²) in [6.07, 6.45) is 11.0. The predicted octanol–water partition coefficient (Wildman–Crippen LogP) is 5.80. The standard InChI is InChI=1S/C22H34OSi/c1-20(2,3)24(6,7)23-19-17-10-13-8-9-14-15-11-16(13)22(17,18(14)15)12-21(19,4)5/h8-10,13-16,18-19H,11-12H2,1-7H3/t13-,14-,15+,16-,18-,19?,22-/m0/s1. The Kier molecular flexibility index (Phi) is 2.74. The van der Waals surface area contributed by atoms with Crippen molar-refractivity contribution in [3.63, 3.8) is 0 Å². The van der Waals surface area contributed by atoms with Crippen LogP contribution in [0.3, 0.4) is 0 Å². The maximum absolute atomic E-state index is 7.12. The highest BCUT2D eigenvalue weighted by Crippen LogP contribution is 2.82. The first kappa shape index (κ1) is 15.9. The Balaban J connectivity index is 1.57. The molecule has 7 atom stereocenters. The van der Waals surface area contributed by atoms with Crippen molar-refractivity contribution >= 4 is 8.32 Å². The molecule has 1 nitrogen and oxygen atoms in total. The quantitative estimate of drug-likeness (QED) is 0.455. The number of rotatable bonds is 2. The maximum atomic E-state index is 7.12. The molecule has 6 aliphatic rings. The summed E-state index contributed by atoms with van der Waals surface area (Å²) < 4.78 is 7.12. The van der Waals surface area contributed by atoms with E-state index in [4.69, 9.17) is 4.43 Å². The van der Waals surface area contributed by atoms with Crippen LogP contribution in [-0.4, -0.2) is 14.4 Å². The minimum absolute atomic E-state index is 0.286. The molecule has 0 radical (unpaired) electrons. The summed E-state index contributed by atoms with van der Waals surface area (Å²) >= 11 is 0. The van der Waals surface area contributed by atoms with Gasteiger partial charge in [-0.3, -0.25) is 0 Å². The zero-order valence-corrected chi connectivity index (χ0v) is 17.5. The molecular weight excluding hydrogens is 308 g/mol. The summed E-state index contributed by atoms with van der Waals surface area (Å²) in [6.45, 7) is 17.0. The molecule has 6 aliphatic carbocycles. The van der Waals surface area contributed by atoms with E-state index in [1.165, 1.54) is 12.8 Å². The van der Waals surface area contributed by atoms with Crippen molar-refractivity contribution in [3.05, 3.63) is 23.8 Å². The Bertz CT molecular complexity index is 664. The third-order valence-corrected chi connectivity index (χ3v) is 13.3. The molecule has 3 fully saturated rings. The topological polar surface area (TPSA) is 9.23 Å². The molecule has 0 aromatic carbocycles. The van der Waals surface area contributed by atoms with Crippen LogP contribution in [0.15, 0.2) is 23.8 Å². The first-order valence-electron chi connectivity index (χ1n) is 10.1.